The van der Waals surface area contributed by atoms with E-state index in [0.717, 1.165) is 0 Å². The number of nitrogens with one attached hydrogen (secondary N) is 2. The number of primary amides is 1. The highest BCUT2D eigenvalue weighted by Gasteiger charge is 2.47. The molecule has 28 heavy (non-hydrogen) atoms. The van der Waals surface area contributed by atoms with Crippen LogP contribution in [0.15, 0.2) is 6.20 Å². The van der Waals surface area contributed by atoms with Crippen LogP contribution in [0, 0.1) is 5.92 Å². The van der Waals surface area contributed by atoms with Crippen molar-refractivity contribution in [3.8, 4) is 0 Å². The summed E-state index contributed by atoms with van der Waals surface area (Å²) in [5.41, 5.74) is 2.14. The van der Waals surface area contributed by atoms with Crippen LogP contribution in [-0.2, 0) is 0 Å². The van der Waals surface area contributed by atoms with Gasteiger partial charge in [0.25, 0.3) is 5.91 Å². The van der Waals surface area contributed by atoms with Gasteiger partial charge in [0.1, 0.15) is 21.5 Å². The monoisotopic (exact) mass is 371 g/mol. The quantitative estimate of drug-likeness (QED) is 0.510. The van der Waals surface area contributed by atoms with E-state index in [2.05, 4.69) is 20.6 Å². The maximum atomic E-state index is 11.8. The molecule has 2 rings (SSSR count). The molecule has 1 aromatic heterocycles. The van der Waals surface area contributed by atoms with Gasteiger partial charge in [-0.15, -0.1) is 5.11 Å². The van der Waals surface area contributed by atoms with Gasteiger partial charge in [-0.3, -0.25) is 4.79 Å². The number of carbonyl (C=O) groups is 1. The summed E-state index contributed by atoms with van der Waals surface area (Å²) in [7, 11) is 29.6. The molecule has 1 aromatic rings. The first-order valence-electron chi connectivity index (χ1n) is 8.92. The molecule has 0 spiro atoms. The second-order valence-electron chi connectivity index (χ2n) is 8.74. The normalized spacial score (nSPS) is 28.5. The molecule has 1 saturated carbocycles. The minimum Gasteiger partial charge on any atom is -0.400 e. The van der Waals surface area contributed by atoms with E-state index >= 15 is 0 Å². The summed E-state index contributed by atoms with van der Waals surface area (Å²) in [6.07, 6.45) is 1.74. The Labute approximate surface area is 172 Å². The van der Waals surface area contributed by atoms with Gasteiger partial charge in [-0.05, 0) is 46.0 Å². The highest BCUT2D eigenvalue weighted by Crippen LogP contribution is 2.45. The molecule has 1 heterocycles. The van der Waals surface area contributed by atoms with Crippen molar-refractivity contribution in [3.05, 3.63) is 11.8 Å². The third-order valence-corrected chi connectivity index (χ3v) is 4.59. The third-order valence-electron chi connectivity index (χ3n) is 4.59. The Morgan fingerprint density at radius 1 is 1.32 bits per heavy atom. The van der Waals surface area contributed by atoms with Gasteiger partial charge < -0.3 is 21.5 Å². The lowest BCUT2D eigenvalue weighted by atomic mass is 9.31. The van der Waals surface area contributed by atoms with Gasteiger partial charge in [-0.25, -0.2) is 4.98 Å². The molecule has 5 N–H and O–H groups in total. The average molecular weight is 370 g/mol. The van der Waals surface area contributed by atoms with E-state index < -0.39 is 27.9 Å². The molecule has 1 amide bonds. The lowest BCUT2D eigenvalue weighted by Crippen LogP contribution is -2.58. The zero-order valence-corrected chi connectivity index (χ0v) is 16.5. The van der Waals surface area contributed by atoms with Crippen molar-refractivity contribution in [2.75, 3.05) is 10.6 Å². The third kappa shape index (κ3) is 5.49. The number of carbonyl (C=O) groups excluding carboxylic acids is 1. The number of aromatic nitrogens is 2. The van der Waals surface area contributed by atoms with Gasteiger partial charge in [0.2, 0.25) is 5.95 Å². The van der Waals surface area contributed by atoms with E-state index in [1.165, 1.54) is 6.20 Å². The molecule has 10 radical (unpaired) electrons. The fourth-order valence-electron chi connectivity index (χ4n) is 3.45. The van der Waals surface area contributed by atoms with Crippen molar-refractivity contribution < 1.29 is 9.90 Å². The van der Waals surface area contributed by atoms with Gasteiger partial charge in [-0.1, -0.05) is 0 Å². The fourth-order valence-corrected chi connectivity index (χ4v) is 3.45. The highest BCUT2D eigenvalue weighted by molar-refractivity contribution is 6.59. The number of rotatable bonds is 5. The molecule has 12 heteroatoms. The van der Waals surface area contributed by atoms with Gasteiger partial charge in [0.05, 0.1) is 29.1 Å². The van der Waals surface area contributed by atoms with Crippen LogP contribution >= 0.6 is 0 Å². The molecule has 0 saturated heterocycles. The Hall–Kier alpha value is -1.57. The van der Waals surface area contributed by atoms with Crippen LogP contribution in [0.5, 0.6) is 0 Å². The Morgan fingerprint density at radius 2 is 1.93 bits per heavy atom. The molecule has 3 unspecified atom stereocenters. The van der Waals surface area contributed by atoms with Crippen LogP contribution < -0.4 is 16.4 Å². The Bertz CT molecular complexity index is 750. The summed E-state index contributed by atoms with van der Waals surface area (Å²) in [5, 5.41) is 15.1. The summed E-state index contributed by atoms with van der Waals surface area (Å²) in [4.78, 5) is 20.2. The summed E-state index contributed by atoms with van der Waals surface area (Å²) in [6.45, 7) is 5.80. The number of aliphatic hydroxyl groups is 1. The first-order chi connectivity index (χ1) is 12.5. The van der Waals surface area contributed by atoms with Gasteiger partial charge in [-0.2, -0.15) is 4.98 Å². The summed E-state index contributed by atoms with van der Waals surface area (Å²) in [6, 6.07) is 0. The van der Waals surface area contributed by atoms with Crippen LogP contribution in [-0.4, -0.2) is 76.7 Å². The van der Waals surface area contributed by atoms with E-state index in [9.17, 15) is 9.90 Å². The maximum absolute atomic E-state index is 11.8. The molecular weight excluding hydrogens is 348 g/mol. The first-order valence-corrected chi connectivity index (χ1v) is 8.92. The molecule has 138 valence electrons. The molecule has 1 aliphatic carbocycles. The number of hydrogen-bond acceptors (Lipinski definition) is 6. The van der Waals surface area contributed by atoms with Crippen LogP contribution in [0.4, 0.5) is 11.8 Å². The summed E-state index contributed by atoms with van der Waals surface area (Å²) < 4.78 is 0. The first kappa shape index (κ1) is 22.7. The van der Waals surface area contributed by atoms with Crippen molar-refractivity contribution in [1.29, 1.82) is 0 Å². The van der Waals surface area contributed by atoms with Crippen molar-refractivity contribution in [2.24, 2.45) is 11.7 Å². The maximum Gasteiger partial charge on any atom is 0.254 e. The van der Waals surface area contributed by atoms with E-state index in [1.807, 2.05) is 20.8 Å². The molecule has 7 nitrogen and oxygen atoms in total. The van der Waals surface area contributed by atoms with Crippen molar-refractivity contribution >= 4 is 56.9 Å². The minimum absolute atomic E-state index is 0.0535. The van der Waals surface area contributed by atoms with Crippen molar-refractivity contribution in [3.63, 3.8) is 0 Å². The number of nitrogens with two attached hydrogens (primary N) is 1. The fraction of sp³-hybridized carbons (Fsp3) is 0.688. The van der Waals surface area contributed by atoms with Gasteiger partial charge in [0.15, 0.2) is 0 Å². The van der Waals surface area contributed by atoms with Crippen LogP contribution in [0.1, 0.15) is 50.4 Å². The second-order valence-corrected chi connectivity index (χ2v) is 8.74. The SMILES string of the molecule is [B]C1(Nc2nc(NC(C)(C)C)ncc2C(N)=O)CCC(C([B])([B])[B])C([B])(O)C1. The van der Waals surface area contributed by atoms with Crippen LogP contribution in [0.25, 0.3) is 0 Å². The molecule has 3 atom stereocenters. The van der Waals surface area contributed by atoms with E-state index in [4.69, 9.17) is 45.0 Å². The highest BCUT2D eigenvalue weighted by atomic mass is 16.3. The molecule has 1 aliphatic rings. The van der Waals surface area contributed by atoms with E-state index in [0.29, 0.717) is 6.42 Å². The molecule has 0 bridgehead atoms. The van der Waals surface area contributed by atoms with Crippen LogP contribution in [0.2, 0.25) is 5.11 Å². The lowest BCUT2D eigenvalue weighted by Gasteiger charge is -2.53. The second kappa shape index (κ2) is 7.36. The summed E-state index contributed by atoms with van der Waals surface area (Å²) in [5.74, 6) is -1.09. The average Bonchev–Trinajstić information content (AvgIpc) is 2.41. The Morgan fingerprint density at radius 3 is 2.39 bits per heavy atom. The standard InChI is InChI=1S/C16H22B5N5O2/c1-13(2,3)26-12-23-6-8(10(22)27)11(24-12)25-14(17)5-4-9(16(19,20)21)15(18,28)7-14/h6,9,28H,4-5,7H2,1-3H3,(H2,22,27)(H2,23,24,25,26). The molecule has 0 aliphatic heterocycles. The number of hydrogen-bond donors (Lipinski definition) is 4. The molecular formula is C16H22B5N5O2. The smallest absolute Gasteiger partial charge is 0.254 e. The number of amides is 1. The zero-order chi connectivity index (χ0) is 21.5. The van der Waals surface area contributed by atoms with Crippen molar-refractivity contribution in [2.45, 2.75) is 61.6 Å². The van der Waals surface area contributed by atoms with Gasteiger partial charge in [0, 0.05) is 22.7 Å². The van der Waals surface area contributed by atoms with Crippen molar-refractivity contribution in [1.82, 2.24) is 9.97 Å². The predicted octanol–water partition coefficient (Wildman–Crippen LogP) is -0.701. The minimum atomic E-state index is -1.83. The largest absolute Gasteiger partial charge is 0.400 e. The Balaban J connectivity index is 2.33. The lowest BCUT2D eigenvalue weighted by molar-refractivity contribution is 0.0166. The topological polar surface area (TPSA) is 113 Å². The number of nitrogens with zero attached hydrogens (tertiary/aromatic N) is 2. The predicted molar refractivity (Wildman–Crippen MR) is 114 cm³/mol. The Kier molecular flexibility index (Phi) is 5.97. The summed E-state index contributed by atoms with van der Waals surface area (Å²) >= 11 is 0. The van der Waals surface area contributed by atoms with Crippen LogP contribution in [0.3, 0.4) is 0 Å². The van der Waals surface area contributed by atoms with E-state index in [1.54, 1.807) is 0 Å². The van der Waals surface area contributed by atoms with Gasteiger partial charge >= 0.3 is 0 Å². The molecule has 1 fully saturated rings. The molecule has 0 aromatic carbocycles. The van der Waals surface area contributed by atoms with E-state index in [-0.39, 0.29) is 35.7 Å². The zero-order valence-electron chi connectivity index (χ0n) is 16.5. The number of anilines is 2.